The summed E-state index contributed by atoms with van der Waals surface area (Å²) in [6.45, 7) is 2.21. The SMILES string of the molecule is C#CCCCNC(=O)c1sc(N2CCCC(N)C2)nc1N. The summed E-state index contributed by atoms with van der Waals surface area (Å²) in [5.41, 5.74) is 11.8. The van der Waals surface area contributed by atoms with Gasteiger partial charge in [0.25, 0.3) is 5.91 Å². The average Bonchev–Trinajstić information content (AvgIpc) is 2.85. The Bertz CT molecular complexity index is 536. The summed E-state index contributed by atoms with van der Waals surface area (Å²) in [4.78, 5) is 18.9. The van der Waals surface area contributed by atoms with Gasteiger partial charge < -0.3 is 21.7 Å². The van der Waals surface area contributed by atoms with Gasteiger partial charge in [0.1, 0.15) is 10.7 Å². The van der Waals surface area contributed by atoms with Crippen LogP contribution in [0.15, 0.2) is 0 Å². The highest BCUT2D eigenvalue weighted by atomic mass is 32.1. The molecule has 114 valence electrons. The van der Waals surface area contributed by atoms with E-state index in [1.807, 2.05) is 0 Å². The van der Waals surface area contributed by atoms with Crippen molar-refractivity contribution < 1.29 is 4.79 Å². The lowest BCUT2D eigenvalue weighted by molar-refractivity contribution is 0.0958. The largest absolute Gasteiger partial charge is 0.382 e. The van der Waals surface area contributed by atoms with E-state index in [9.17, 15) is 4.79 Å². The van der Waals surface area contributed by atoms with E-state index in [1.165, 1.54) is 11.3 Å². The number of amides is 1. The number of nitrogens with zero attached hydrogens (tertiary/aromatic N) is 2. The first-order chi connectivity index (χ1) is 10.1. The second-order valence-corrected chi connectivity index (χ2v) is 6.10. The molecule has 1 unspecified atom stereocenters. The minimum absolute atomic E-state index is 0.157. The Balaban J connectivity index is 1.98. The molecule has 2 rings (SSSR count). The molecule has 1 aliphatic rings. The van der Waals surface area contributed by atoms with Crippen LogP contribution in [0.3, 0.4) is 0 Å². The molecule has 0 bridgehead atoms. The Morgan fingerprint density at radius 2 is 2.43 bits per heavy atom. The highest BCUT2D eigenvalue weighted by Crippen LogP contribution is 2.29. The maximum atomic E-state index is 12.1. The number of unbranched alkanes of at least 4 members (excludes halogenated alkanes) is 1. The van der Waals surface area contributed by atoms with E-state index < -0.39 is 0 Å². The van der Waals surface area contributed by atoms with Crippen LogP contribution in [0.1, 0.15) is 35.4 Å². The van der Waals surface area contributed by atoms with Crippen molar-refractivity contribution >= 4 is 28.2 Å². The van der Waals surface area contributed by atoms with Gasteiger partial charge >= 0.3 is 0 Å². The lowest BCUT2D eigenvalue weighted by atomic mass is 10.1. The molecule has 1 fully saturated rings. The Hall–Kier alpha value is -1.78. The molecule has 0 radical (unpaired) electrons. The zero-order valence-electron chi connectivity index (χ0n) is 12.0. The first-order valence-corrected chi connectivity index (χ1v) is 7.92. The fourth-order valence-electron chi connectivity index (χ4n) is 2.27. The summed E-state index contributed by atoms with van der Waals surface area (Å²) in [7, 11) is 0. The third-order valence-electron chi connectivity index (χ3n) is 3.36. The number of rotatable bonds is 5. The molecule has 2 heterocycles. The van der Waals surface area contributed by atoms with Gasteiger partial charge in [0, 0.05) is 32.1 Å². The van der Waals surface area contributed by atoms with E-state index in [0.29, 0.717) is 17.8 Å². The number of nitrogen functional groups attached to an aromatic ring is 1. The van der Waals surface area contributed by atoms with Crippen molar-refractivity contribution in [2.75, 3.05) is 30.3 Å². The molecule has 1 aromatic heterocycles. The smallest absolute Gasteiger partial charge is 0.265 e. The number of hydrogen-bond donors (Lipinski definition) is 3. The maximum Gasteiger partial charge on any atom is 0.265 e. The molecule has 0 spiro atoms. The van der Waals surface area contributed by atoms with Crippen molar-refractivity contribution in [2.24, 2.45) is 5.73 Å². The fraction of sp³-hybridized carbons (Fsp3) is 0.571. The van der Waals surface area contributed by atoms with Crippen molar-refractivity contribution in [3.63, 3.8) is 0 Å². The van der Waals surface area contributed by atoms with Crippen LogP contribution in [0.2, 0.25) is 0 Å². The number of thiazole rings is 1. The number of nitrogens with two attached hydrogens (primary N) is 2. The van der Waals surface area contributed by atoms with Gasteiger partial charge in [-0.3, -0.25) is 4.79 Å². The summed E-state index contributed by atoms with van der Waals surface area (Å²) in [6.07, 6.45) is 8.64. The summed E-state index contributed by atoms with van der Waals surface area (Å²) < 4.78 is 0. The molecule has 0 aliphatic carbocycles. The Morgan fingerprint density at radius 1 is 1.62 bits per heavy atom. The third-order valence-corrected chi connectivity index (χ3v) is 4.49. The number of piperidine rings is 1. The predicted molar refractivity (Wildman–Crippen MR) is 86.3 cm³/mol. The van der Waals surface area contributed by atoms with E-state index in [4.69, 9.17) is 17.9 Å². The van der Waals surface area contributed by atoms with Gasteiger partial charge in [-0.15, -0.1) is 12.3 Å². The summed E-state index contributed by atoms with van der Waals surface area (Å²) in [5, 5.41) is 3.59. The number of carbonyl (C=O) groups excluding carboxylic acids is 1. The van der Waals surface area contributed by atoms with Crippen LogP contribution < -0.4 is 21.7 Å². The average molecular weight is 307 g/mol. The fourth-order valence-corrected chi connectivity index (χ4v) is 3.21. The molecular weight excluding hydrogens is 286 g/mol. The molecule has 7 heteroatoms. The van der Waals surface area contributed by atoms with E-state index in [2.05, 4.69) is 21.1 Å². The van der Waals surface area contributed by atoms with Crippen molar-refractivity contribution in [3.8, 4) is 12.3 Å². The Labute approximate surface area is 128 Å². The van der Waals surface area contributed by atoms with Crippen LogP contribution in [-0.4, -0.2) is 36.6 Å². The van der Waals surface area contributed by atoms with Crippen LogP contribution in [0.25, 0.3) is 0 Å². The zero-order chi connectivity index (χ0) is 15.2. The molecule has 1 aliphatic heterocycles. The predicted octanol–water partition coefficient (Wildman–Crippen LogP) is 0.796. The second-order valence-electron chi connectivity index (χ2n) is 5.12. The number of aromatic nitrogens is 1. The van der Waals surface area contributed by atoms with E-state index in [1.54, 1.807) is 0 Å². The third kappa shape index (κ3) is 4.09. The highest BCUT2D eigenvalue weighted by molar-refractivity contribution is 7.18. The second kappa shape index (κ2) is 7.29. The minimum Gasteiger partial charge on any atom is -0.382 e. The summed E-state index contributed by atoms with van der Waals surface area (Å²) >= 11 is 1.32. The molecule has 1 aromatic rings. The number of carbonyl (C=O) groups is 1. The van der Waals surface area contributed by atoms with Crippen LogP contribution in [0.5, 0.6) is 0 Å². The van der Waals surface area contributed by atoms with E-state index in [-0.39, 0.29) is 17.8 Å². The van der Waals surface area contributed by atoms with Crippen LogP contribution in [0, 0.1) is 12.3 Å². The number of hydrogen-bond acceptors (Lipinski definition) is 6. The van der Waals surface area contributed by atoms with Gasteiger partial charge in [-0.05, 0) is 19.3 Å². The molecule has 1 amide bonds. The van der Waals surface area contributed by atoms with Crippen LogP contribution in [0.4, 0.5) is 10.9 Å². The normalized spacial score (nSPS) is 18.3. The molecule has 1 saturated heterocycles. The topological polar surface area (TPSA) is 97.3 Å². The van der Waals surface area contributed by atoms with Gasteiger partial charge in [-0.2, -0.15) is 0 Å². The molecule has 0 aromatic carbocycles. The standard InChI is InChI=1S/C14H21N5OS/c1-2-3-4-7-17-13(20)11-12(16)18-14(21-11)19-8-5-6-10(15)9-19/h1,10H,3-9,15-16H2,(H,17,20). The molecule has 1 atom stereocenters. The number of nitrogens with one attached hydrogen (secondary N) is 1. The molecular formula is C14H21N5OS. The highest BCUT2D eigenvalue weighted by Gasteiger charge is 2.23. The Kier molecular flexibility index (Phi) is 5.42. The summed E-state index contributed by atoms with van der Waals surface area (Å²) in [5.74, 6) is 2.64. The van der Waals surface area contributed by atoms with Crippen molar-refractivity contribution in [1.29, 1.82) is 0 Å². The first-order valence-electron chi connectivity index (χ1n) is 7.10. The summed E-state index contributed by atoms with van der Waals surface area (Å²) in [6, 6.07) is 0.157. The monoisotopic (exact) mass is 307 g/mol. The van der Waals surface area contributed by atoms with Gasteiger partial charge in [-0.1, -0.05) is 11.3 Å². The first kappa shape index (κ1) is 15.6. The van der Waals surface area contributed by atoms with Crippen molar-refractivity contribution in [1.82, 2.24) is 10.3 Å². The van der Waals surface area contributed by atoms with Crippen LogP contribution in [-0.2, 0) is 0 Å². The zero-order valence-corrected chi connectivity index (χ0v) is 12.8. The lowest BCUT2D eigenvalue weighted by Gasteiger charge is -2.30. The molecule has 5 N–H and O–H groups in total. The van der Waals surface area contributed by atoms with Crippen molar-refractivity contribution in [2.45, 2.75) is 31.7 Å². The Morgan fingerprint density at radius 3 is 3.14 bits per heavy atom. The molecule has 6 nitrogen and oxygen atoms in total. The quantitative estimate of drug-likeness (QED) is 0.552. The van der Waals surface area contributed by atoms with E-state index >= 15 is 0 Å². The lowest BCUT2D eigenvalue weighted by Crippen LogP contribution is -2.42. The van der Waals surface area contributed by atoms with Crippen LogP contribution >= 0.6 is 11.3 Å². The molecule has 21 heavy (non-hydrogen) atoms. The maximum absolute atomic E-state index is 12.1. The van der Waals surface area contributed by atoms with Gasteiger partial charge in [0.15, 0.2) is 5.13 Å². The van der Waals surface area contributed by atoms with Gasteiger partial charge in [0.05, 0.1) is 0 Å². The number of terminal acetylenes is 1. The van der Waals surface area contributed by atoms with Gasteiger partial charge in [-0.25, -0.2) is 4.98 Å². The van der Waals surface area contributed by atoms with Gasteiger partial charge in [0.2, 0.25) is 0 Å². The van der Waals surface area contributed by atoms with Crippen molar-refractivity contribution in [3.05, 3.63) is 4.88 Å². The molecule has 0 saturated carbocycles. The van der Waals surface area contributed by atoms with E-state index in [0.717, 1.165) is 37.5 Å². The minimum atomic E-state index is -0.186. The number of anilines is 2.